The lowest BCUT2D eigenvalue weighted by molar-refractivity contribution is 0.415. The van der Waals surface area contributed by atoms with Gasteiger partial charge in [-0.15, -0.1) is 6.42 Å². The van der Waals surface area contributed by atoms with Crippen molar-refractivity contribution in [2.24, 2.45) is 5.92 Å². The number of ether oxygens (including phenoxy) is 1. The molecule has 4 nitrogen and oxygen atoms in total. The molecule has 21 heavy (non-hydrogen) atoms. The summed E-state index contributed by atoms with van der Waals surface area (Å²) in [6.45, 7) is 6.87. The lowest BCUT2D eigenvalue weighted by Crippen LogP contribution is -2.23. The summed E-state index contributed by atoms with van der Waals surface area (Å²) in [6, 6.07) is 5.91. The fourth-order valence-electron chi connectivity index (χ4n) is 2.34. The van der Waals surface area contributed by atoms with E-state index in [1.165, 1.54) is 0 Å². The number of nitrogens with one attached hydrogen (secondary N) is 1. The third kappa shape index (κ3) is 3.77. The SMILES string of the molecule is C#CCn1c(CCNCC(C)C)nc2cc(OC)ccc21. The van der Waals surface area contributed by atoms with Crippen LogP contribution < -0.4 is 10.1 Å². The van der Waals surface area contributed by atoms with E-state index in [0.29, 0.717) is 12.5 Å². The van der Waals surface area contributed by atoms with Gasteiger partial charge >= 0.3 is 0 Å². The lowest BCUT2D eigenvalue weighted by atomic mass is 10.2. The van der Waals surface area contributed by atoms with Crippen molar-refractivity contribution in [3.8, 4) is 18.1 Å². The summed E-state index contributed by atoms with van der Waals surface area (Å²) in [5, 5.41) is 3.44. The van der Waals surface area contributed by atoms with E-state index in [0.717, 1.165) is 42.1 Å². The fourth-order valence-corrected chi connectivity index (χ4v) is 2.34. The van der Waals surface area contributed by atoms with Crippen LogP contribution in [-0.4, -0.2) is 29.8 Å². The van der Waals surface area contributed by atoms with E-state index in [9.17, 15) is 0 Å². The molecule has 1 aromatic heterocycles. The Bertz CT molecular complexity index is 637. The first-order valence-electron chi connectivity index (χ1n) is 7.33. The molecule has 1 aromatic carbocycles. The highest BCUT2D eigenvalue weighted by Gasteiger charge is 2.10. The molecule has 0 aliphatic carbocycles. The molecule has 112 valence electrons. The number of imidazole rings is 1. The zero-order chi connectivity index (χ0) is 15.2. The van der Waals surface area contributed by atoms with Crippen LogP contribution in [-0.2, 0) is 13.0 Å². The third-order valence-electron chi connectivity index (χ3n) is 3.36. The van der Waals surface area contributed by atoms with Crippen LogP contribution in [0.5, 0.6) is 5.75 Å². The number of hydrogen-bond donors (Lipinski definition) is 1. The molecule has 0 amide bonds. The molecule has 0 aliphatic heterocycles. The van der Waals surface area contributed by atoms with Crippen LogP contribution in [0.2, 0.25) is 0 Å². The number of rotatable bonds is 7. The van der Waals surface area contributed by atoms with Crippen LogP contribution in [0, 0.1) is 18.3 Å². The number of terminal acetylenes is 1. The van der Waals surface area contributed by atoms with Crippen molar-refractivity contribution in [2.75, 3.05) is 20.2 Å². The highest BCUT2D eigenvalue weighted by Crippen LogP contribution is 2.22. The predicted octanol–water partition coefficient (Wildman–Crippen LogP) is 2.47. The highest BCUT2D eigenvalue weighted by molar-refractivity contribution is 5.78. The molecule has 0 spiro atoms. The Labute approximate surface area is 126 Å². The van der Waals surface area contributed by atoms with E-state index in [2.05, 4.69) is 29.7 Å². The second-order valence-corrected chi connectivity index (χ2v) is 5.52. The zero-order valence-corrected chi connectivity index (χ0v) is 13.0. The number of benzene rings is 1. The van der Waals surface area contributed by atoms with Crippen molar-refractivity contribution < 1.29 is 4.74 Å². The number of nitrogens with zero attached hydrogens (tertiary/aromatic N) is 2. The van der Waals surface area contributed by atoms with Gasteiger partial charge < -0.3 is 14.6 Å². The first-order valence-corrected chi connectivity index (χ1v) is 7.33. The summed E-state index contributed by atoms with van der Waals surface area (Å²) in [6.07, 6.45) is 6.36. The normalized spacial score (nSPS) is 11.0. The Kier molecular flexibility index (Phi) is 5.24. The average Bonchev–Trinajstić information content (AvgIpc) is 2.81. The summed E-state index contributed by atoms with van der Waals surface area (Å²) in [7, 11) is 1.66. The van der Waals surface area contributed by atoms with Crippen molar-refractivity contribution in [3.05, 3.63) is 24.0 Å². The maximum atomic E-state index is 5.49. The first kappa shape index (κ1) is 15.4. The van der Waals surface area contributed by atoms with Gasteiger partial charge in [-0.25, -0.2) is 4.98 Å². The van der Waals surface area contributed by atoms with Gasteiger partial charge in [0, 0.05) is 19.0 Å². The van der Waals surface area contributed by atoms with Crippen LogP contribution in [0.4, 0.5) is 0 Å². The van der Waals surface area contributed by atoms with Crippen LogP contribution in [0.25, 0.3) is 11.0 Å². The van der Waals surface area contributed by atoms with E-state index in [-0.39, 0.29) is 0 Å². The molecule has 0 saturated heterocycles. The molecule has 0 radical (unpaired) electrons. The van der Waals surface area contributed by atoms with Crippen LogP contribution >= 0.6 is 0 Å². The van der Waals surface area contributed by atoms with Crippen LogP contribution in [0.3, 0.4) is 0 Å². The predicted molar refractivity (Wildman–Crippen MR) is 86.5 cm³/mol. The number of fused-ring (bicyclic) bond motifs is 1. The quantitative estimate of drug-likeness (QED) is 0.627. The lowest BCUT2D eigenvalue weighted by Gasteiger charge is -2.08. The molecular formula is C17H23N3O. The van der Waals surface area contributed by atoms with Gasteiger partial charge in [-0.05, 0) is 24.6 Å². The van der Waals surface area contributed by atoms with Crippen molar-refractivity contribution in [3.63, 3.8) is 0 Å². The van der Waals surface area contributed by atoms with Gasteiger partial charge in [0.05, 0.1) is 24.7 Å². The van der Waals surface area contributed by atoms with E-state index in [4.69, 9.17) is 16.1 Å². The topological polar surface area (TPSA) is 39.1 Å². The molecule has 2 rings (SSSR count). The molecular weight excluding hydrogens is 262 g/mol. The summed E-state index contributed by atoms with van der Waals surface area (Å²) in [5.41, 5.74) is 2.00. The summed E-state index contributed by atoms with van der Waals surface area (Å²) in [5.74, 6) is 5.20. The Hall–Kier alpha value is -1.99. The molecule has 2 aromatic rings. The standard InChI is InChI=1S/C17H23N3O/c1-5-10-20-16-7-6-14(21-4)11-15(16)19-17(20)8-9-18-12-13(2)3/h1,6-7,11,13,18H,8-10,12H2,2-4H3. The maximum Gasteiger partial charge on any atom is 0.121 e. The van der Waals surface area contributed by atoms with Crippen molar-refractivity contribution in [1.29, 1.82) is 0 Å². The molecule has 0 bridgehead atoms. The van der Waals surface area contributed by atoms with Crippen LogP contribution in [0.15, 0.2) is 18.2 Å². The van der Waals surface area contributed by atoms with Gasteiger partial charge in [0.1, 0.15) is 11.6 Å². The van der Waals surface area contributed by atoms with Gasteiger partial charge in [0.15, 0.2) is 0 Å². The minimum Gasteiger partial charge on any atom is -0.497 e. The number of aromatic nitrogens is 2. The number of hydrogen-bond acceptors (Lipinski definition) is 3. The molecule has 0 fully saturated rings. The summed E-state index contributed by atoms with van der Waals surface area (Å²) in [4.78, 5) is 4.70. The highest BCUT2D eigenvalue weighted by atomic mass is 16.5. The Morgan fingerprint density at radius 2 is 2.24 bits per heavy atom. The van der Waals surface area contributed by atoms with E-state index in [1.807, 2.05) is 18.2 Å². The van der Waals surface area contributed by atoms with E-state index >= 15 is 0 Å². The van der Waals surface area contributed by atoms with Gasteiger partial charge in [0.2, 0.25) is 0 Å². The molecule has 0 atom stereocenters. The number of methoxy groups -OCH3 is 1. The molecule has 1 N–H and O–H groups in total. The second-order valence-electron chi connectivity index (χ2n) is 5.52. The second kappa shape index (κ2) is 7.14. The van der Waals surface area contributed by atoms with Gasteiger partial charge in [-0.1, -0.05) is 19.8 Å². The third-order valence-corrected chi connectivity index (χ3v) is 3.36. The molecule has 0 saturated carbocycles. The Morgan fingerprint density at radius 3 is 2.90 bits per heavy atom. The fraction of sp³-hybridized carbons (Fsp3) is 0.471. The van der Waals surface area contributed by atoms with E-state index < -0.39 is 0 Å². The molecule has 0 unspecified atom stereocenters. The van der Waals surface area contributed by atoms with Gasteiger partial charge in [-0.2, -0.15) is 0 Å². The van der Waals surface area contributed by atoms with Crippen molar-refractivity contribution in [1.82, 2.24) is 14.9 Å². The van der Waals surface area contributed by atoms with Crippen molar-refractivity contribution >= 4 is 11.0 Å². The first-order chi connectivity index (χ1) is 10.2. The molecule has 0 aliphatic rings. The summed E-state index contributed by atoms with van der Waals surface area (Å²) < 4.78 is 7.36. The van der Waals surface area contributed by atoms with Gasteiger partial charge in [0.25, 0.3) is 0 Å². The average molecular weight is 285 g/mol. The maximum absolute atomic E-state index is 5.49. The largest absolute Gasteiger partial charge is 0.497 e. The summed E-state index contributed by atoms with van der Waals surface area (Å²) >= 11 is 0. The monoisotopic (exact) mass is 285 g/mol. The van der Waals surface area contributed by atoms with Gasteiger partial charge in [-0.3, -0.25) is 0 Å². The van der Waals surface area contributed by atoms with Crippen molar-refractivity contribution in [2.45, 2.75) is 26.8 Å². The minimum absolute atomic E-state index is 0.544. The molecule has 1 heterocycles. The smallest absolute Gasteiger partial charge is 0.121 e. The Balaban J connectivity index is 2.20. The minimum atomic E-state index is 0.544. The molecule has 4 heteroatoms. The van der Waals surface area contributed by atoms with Crippen LogP contribution in [0.1, 0.15) is 19.7 Å². The van der Waals surface area contributed by atoms with E-state index in [1.54, 1.807) is 7.11 Å². The Morgan fingerprint density at radius 1 is 1.43 bits per heavy atom. The zero-order valence-electron chi connectivity index (χ0n) is 13.0.